The smallest absolute Gasteiger partial charge is 0.255 e. The molecule has 0 bridgehead atoms. The number of hydrogen-bond acceptors (Lipinski definition) is 7. The molecule has 1 aromatic heterocycles. The predicted octanol–water partition coefficient (Wildman–Crippen LogP) is 2.36. The molecule has 0 aliphatic rings. The van der Waals surface area contributed by atoms with Crippen LogP contribution in [0.2, 0.25) is 0 Å². The Hall–Kier alpha value is -2.94. The number of carbonyl (C=O) groups is 2. The molecule has 8 nitrogen and oxygen atoms in total. The Kier molecular flexibility index (Phi) is 6.51. The molecular weight excluding hydrogens is 368 g/mol. The Morgan fingerprint density at radius 3 is 2.59 bits per heavy atom. The number of methoxy groups -OCH3 is 1. The van der Waals surface area contributed by atoms with Crippen molar-refractivity contribution in [2.45, 2.75) is 26.2 Å². The number of amides is 2. The summed E-state index contributed by atoms with van der Waals surface area (Å²) in [5, 5.41) is 12.0. The third-order valence-electron chi connectivity index (χ3n) is 3.28. The van der Waals surface area contributed by atoms with Crippen LogP contribution in [0.4, 0.5) is 5.13 Å². The molecule has 3 N–H and O–H groups in total. The van der Waals surface area contributed by atoms with Crippen LogP contribution in [-0.2, 0) is 15.0 Å². The number of carbonyl (C=O) groups excluding carboxylic acids is 2. The van der Waals surface area contributed by atoms with Gasteiger partial charge in [-0.25, -0.2) is 0 Å². The van der Waals surface area contributed by atoms with Crippen molar-refractivity contribution in [3.8, 4) is 11.5 Å². The summed E-state index contributed by atoms with van der Waals surface area (Å²) >= 11 is 1.34. The second-order valence-corrected chi connectivity index (χ2v) is 7.63. The number of nitrogens with zero attached hydrogens (tertiary/aromatic N) is 2. The molecule has 0 atom stereocenters. The van der Waals surface area contributed by atoms with Crippen molar-refractivity contribution >= 4 is 34.4 Å². The topological polar surface area (TPSA) is 116 Å². The molecule has 0 aliphatic carbocycles. The summed E-state index contributed by atoms with van der Waals surface area (Å²) in [6.07, 6.45) is 3.01. The van der Waals surface area contributed by atoms with Crippen molar-refractivity contribution in [3.05, 3.63) is 34.8 Å². The van der Waals surface area contributed by atoms with Gasteiger partial charge in [-0.05, 0) is 23.8 Å². The highest BCUT2D eigenvalue weighted by Crippen LogP contribution is 2.29. The van der Waals surface area contributed by atoms with Crippen LogP contribution in [0, 0.1) is 0 Å². The molecule has 27 heavy (non-hydrogen) atoms. The number of ether oxygens (including phenoxy) is 2. The number of primary amides is 1. The molecular formula is C18H22N4O4S. The standard InChI is InChI=1S/C18H22N4O4S/c1-18(2,3)16-21-22-17(27-16)20-15(24)8-6-11-5-7-12(13(9-11)25-4)26-10-14(19)23/h5-9H,10H2,1-4H3,(H2,19,23)(H,20,22,24)/b8-6+. The van der Waals surface area contributed by atoms with Crippen LogP contribution >= 0.6 is 11.3 Å². The van der Waals surface area contributed by atoms with Crippen molar-refractivity contribution in [3.63, 3.8) is 0 Å². The van der Waals surface area contributed by atoms with E-state index in [4.69, 9.17) is 15.2 Å². The predicted molar refractivity (Wildman–Crippen MR) is 104 cm³/mol. The van der Waals surface area contributed by atoms with Gasteiger partial charge in [0.15, 0.2) is 18.1 Å². The van der Waals surface area contributed by atoms with E-state index in [1.54, 1.807) is 24.3 Å². The molecule has 0 spiro atoms. The molecule has 0 unspecified atom stereocenters. The molecule has 2 aromatic rings. The Morgan fingerprint density at radius 1 is 1.26 bits per heavy atom. The Balaban J connectivity index is 2.03. The minimum absolute atomic E-state index is 0.120. The van der Waals surface area contributed by atoms with Gasteiger partial charge in [0.1, 0.15) is 5.01 Å². The fourth-order valence-corrected chi connectivity index (χ4v) is 2.76. The molecule has 1 heterocycles. The van der Waals surface area contributed by atoms with E-state index in [1.807, 2.05) is 20.8 Å². The molecule has 2 rings (SSSR count). The van der Waals surface area contributed by atoms with E-state index in [1.165, 1.54) is 24.5 Å². The third kappa shape index (κ3) is 6.07. The molecule has 0 fully saturated rings. The van der Waals surface area contributed by atoms with Crippen LogP contribution in [0.5, 0.6) is 11.5 Å². The fraction of sp³-hybridized carbons (Fsp3) is 0.333. The second-order valence-electron chi connectivity index (χ2n) is 6.65. The van der Waals surface area contributed by atoms with Gasteiger partial charge in [-0.3, -0.25) is 14.9 Å². The summed E-state index contributed by atoms with van der Waals surface area (Å²) in [5.74, 6) is -0.0807. The quantitative estimate of drug-likeness (QED) is 0.701. The zero-order chi connectivity index (χ0) is 20.0. The summed E-state index contributed by atoms with van der Waals surface area (Å²) in [6.45, 7) is 5.85. The van der Waals surface area contributed by atoms with E-state index in [0.29, 0.717) is 16.6 Å². The van der Waals surface area contributed by atoms with Crippen LogP contribution in [0.25, 0.3) is 6.08 Å². The van der Waals surface area contributed by atoms with Crippen molar-refractivity contribution in [1.82, 2.24) is 10.2 Å². The maximum absolute atomic E-state index is 12.1. The highest BCUT2D eigenvalue weighted by molar-refractivity contribution is 7.15. The van der Waals surface area contributed by atoms with Gasteiger partial charge >= 0.3 is 0 Å². The van der Waals surface area contributed by atoms with Crippen molar-refractivity contribution in [2.75, 3.05) is 19.0 Å². The van der Waals surface area contributed by atoms with Gasteiger partial charge in [-0.15, -0.1) is 10.2 Å². The monoisotopic (exact) mass is 390 g/mol. The van der Waals surface area contributed by atoms with Crippen LogP contribution in [-0.4, -0.2) is 35.7 Å². The van der Waals surface area contributed by atoms with E-state index in [9.17, 15) is 9.59 Å². The Morgan fingerprint density at radius 2 is 2.00 bits per heavy atom. The molecule has 0 aliphatic heterocycles. The lowest BCUT2D eigenvalue weighted by molar-refractivity contribution is -0.120. The number of nitrogens with two attached hydrogens (primary N) is 1. The fourth-order valence-electron chi connectivity index (χ4n) is 1.95. The average molecular weight is 390 g/mol. The van der Waals surface area contributed by atoms with Gasteiger partial charge in [-0.1, -0.05) is 38.2 Å². The van der Waals surface area contributed by atoms with Crippen molar-refractivity contribution < 1.29 is 19.1 Å². The number of aromatic nitrogens is 2. The average Bonchev–Trinajstić information content (AvgIpc) is 3.07. The van der Waals surface area contributed by atoms with Crippen molar-refractivity contribution in [2.24, 2.45) is 5.73 Å². The number of nitrogens with one attached hydrogen (secondary N) is 1. The summed E-state index contributed by atoms with van der Waals surface area (Å²) in [4.78, 5) is 22.9. The van der Waals surface area contributed by atoms with Crippen LogP contribution in [0.15, 0.2) is 24.3 Å². The molecule has 9 heteroatoms. The molecule has 0 saturated carbocycles. The van der Waals surface area contributed by atoms with E-state index in [0.717, 1.165) is 10.6 Å². The van der Waals surface area contributed by atoms with Gasteiger partial charge in [0.2, 0.25) is 11.0 Å². The van der Waals surface area contributed by atoms with E-state index in [2.05, 4.69) is 15.5 Å². The normalized spacial score (nSPS) is 11.4. The van der Waals surface area contributed by atoms with Crippen LogP contribution in [0.1, 0.15) is 31.3 Å². The van der Waals surface area contributed by atoms with Crippen molar-refractivity contribution in [1.29, 1.82) is 0 Å². The first-order valence-electron chi connectivity index (χ1n) is 8.11. The molecule has 1 aromatic carbocycles. The number of hydrogen-bond donors (Lipinski definition) is 2. The van der Waals surface area contributed by atoms with E-state index < -0.39 is 5.91 Å². The zero-order valence-corrected chi connectivity index (χ0v) is 16.4. The van der Waals surface area contributed by atoms with E-state index in [-0.39, 0.29) is 17.9 Å². The summed E-state index contributed by atoms with van der Waals surface area (Å²) in [7, 11) is 1.48. The number of rotatable bonds is 7. The lowest BCUT2D eigenvalue weighted by Gasteiger charge is -2.12. The minimum atomic E-state index is -0.580. The van der Waals surface area contributed by atoms with Gasteiger partial charge in [-0.2, -0.15) is 0 Å². The molecule has 2 amide bonds. The first kappa shape index (κ1) is 20.4. The Bertz CT molecular complexity index is 855. The van der Waals surface area contributed by atoms with Gasteiger partial charge in [0.25, 0.3) is 5.91 Å². The van der Waals surface area contributed by atoms with Crippen LogP contribution < -0.4 is 20.5 Å². The first-order chi connectivity index (χ1) is 12.7. The van der Waals surface area contributed by atoms with E-state index >= 15 is 0 Å². The maximum atomic E-state index is 12.1. The van der Waals surface area contributed by atoms with Crippen LogP contribution in [0.3, 0.4) is 0 Å². The lowest BCUT2D eigenvalue weighted by Crippen LogP contribution is -2.20. The largest absolute Gasteiger partial charge is 0.493 e. The summed E-state index contributed by atoms with van der Waals surface area (Å²) in [6, 6.07) is 5.05. The molecule has 144 valence electrons. The molecule has 0 radical (unpaired) electrons. The summed E-state index contributed by atoms with van der Waals surface area (Å²) in [5.41, 5.74) is 5.67. The van der Waals surface area contributed by atoms with Gasteiger partial charge < -0.3 is 15.2 Å². The first-order valence-corrected chi connectivity index (χ1v) is 8.93. The lowest BCUT2D eigenvalue weighted by atomic mass is 9.98. The highest BCUT2D eigenvalue weighted by Gasteiger charge is 2.19. The number of benzene rings is 1. The molecule has 0 saturated heterocycles. The highest BCUT2D eigenvalue weighted by atomic mass is 32.1. The minimum Gasteiger partial charge on any atom is -0.493 e. The summed E-state index contributed by atoms with van der Waals surface area (Å²) < 4.78 is 10.5. The van der Waals surface area contributed by atoms with Gasteiger partial charge in [0.05, 0.1) is 7.11 Å². The maximum Gasteiger partial charge on any atom is 0.255 e. The third-order valence-corrected chi connectivity index (χ3v) is 4.55. The number of anilines is 1. The second kappa shape index (κ2) is 8.63. The zero-order valence-electron chi connectivity index (χ0n) is 15.6. The Labute approximate surface area is 161 Å². The SMILES string of the molecule is COc1cc(/C=C/C(=O)Nc2nnc(C(C)(C)C)s2)ccc1OCC(N)=O. The van der Waals surface area contributed by atoms with Gasteiger partial charge in [0, 0.05) is 11.5 Å².